The lowest BCUT2D eigenvalue weighted by molar-refractivity contribution is -0.148. The van der Waals surface area contributed by atoms with Gasteiger partial charge in [-0.05, 0) is 25.0 Å². The third-order valence-corrected chi connectivity index (χ3v) is 3.76. The number of aromatic carboxylic acids is 1. The summed E-state index contributed by atoms with van der Waals surface area (Å²) in [5.74, 6) is -2.51. The number of imidazole rings is 1. The second-order valence-corrected chi connectivity index (χ2v) is 5.13. The smallest absolute Gasteiger partial charge is 0.449 e. The number of hydrogen-bond acceptors (Lipinski definition) is 3. The van der Waals surface area contributed by atoms with Gasteiger partial charge in [0, 0.05) is 0 Å². The molecular formula is C13H11F3N2O3. The first-order chi connectivity index (χ1) is 9.80. The lowest BCUT2D eigenvalue weighted by Crippen LogP contribution is -2.27. The average Bonchev–Trinajstić information content (AvgIpc) is 3.09. The van der Waals surface area contributed by atoms with E-state index in [-0.39, 0.29) is 16.6 Å². The molecule has 3 rings (SSSR count). The van der Waals surface area contributed by atoms with E-state index in [2.05, 4.69) is 4.98 Å². The van der Waals surface area contributed by atoms with Crippen LogP contribution < -0.4 is 0 Å². The fourth-order valence-corrected chi connectivity index (χ4v) is 2.54. The van der Waals surface area contributed by atoms with Crippen LogP contribution in [0, 0.1) is 0 Å². The number of nitrogens with zero attached hydrogens (tertiary/aromatic N) is 2. The fraction of sp³-hybridized carbons (Fsp3) is 0.385. The van der Waals surface area contributed by atoms with E-state index in [1.165, 1.54) is 18.2 Å². The normalized spacial score (nSPS) is 17.1. The van der Waals surface area contributed by atoms with Gasteiger partial charge < -0.3 is 14.8 Å². The number of benzene rings is 1. The molecule has 1 fully saturated rings. The van der Waals surface area contributed by atoms with Gasteiger partial charge in [-0.3, -0.25) is 0 Å². The zero-order chi connectivity index (χ0) is 15.4. The molecule has 0 atom stereocenters. The van der Waals surface area contributed by atoms with Gasteiger partial charge in [0.15, 0.2) is 0 Å². The Balaban J connectivity index is 2.38. The summed E-state index contributed by atoms with van der Waals surface area (Å²) in [5, 5.41) is 18.5. The molecule has 2 N–H and O–H groups in total. The van der Waals surface area contributed by atoms with Crippen LogP contribution >= 0.6 is 0 Å². The van der Waals surface area contributed by atoms with Crippen molar-refractivity contribution in [3.05, 3.63) is 29.6 Å². The number of aliphatic hydroxyl groups excluding tert-OH is 1. The first-order valence-electron chi connectivity index (χ1n) is 6.23. The molecule has 2 aromatic rings. The summed E-state index contributed by atoms with van der Waals surface area (Å²) in [4.78, 5) is 14.6. The molecule has 0 bridgehead atoms. The van der Waals surface area contributed by atoms with Crippen molar-refractivity contribution in [3.8, 4) is 0 Å². The van der Waals surface area contributed by atoms with Crippen LogP contribution in [0.4, 0.5) is 13.2 Å². The Hall–Kier alpha value is -2.09. The number of alkyl halides is 3. The van der Waals surface area contributed by atoms with Gasteiger partial charge in [-0.25, -0.2) is 9.78 Å². The van der Waals surface area contributed by atoms with Gasteiger partial charge in [-0.2, -0.15) is 13.2 Å². The molecule has 0 unspecified atom stereocenters. The molecule has 1 aliphatic rings. The molecule has 1 aromatic carbocycles. The van der Waals surface area contributed by atoms with Gasteiger partial charge in [0.25, 0.3) is 0 Å². The average molecular weight is 300 g/mol. The van der Waals surface area contributed by atoms with Crippen molar-refractivity contribution in [1.82, 2.24) is 9.55 Å². The molecule has 0 radical (unpaired) electrons. The maximum Gasteiger partial charge on any atom is 0.449 e. The quantitative estimate of drug-likeness (QED) is 0.911. The Labute approximate surface area is 116 Å². The Morgan fingerprint density at radius 1 is 1.38 bits per heavy atom. The molecule has 1 aliphatic carbocycles. The van der Waals surface area contributed by atoms with Gasteiger partial charge in [-0.1, -0.05) is 6.07 Å². The van der Waals surface area contributed by atoms with Crippen molar-refractivity contribution in [2.45, 2.75) is 24.6 Å². The minimum Gasteiger partial charge on any atom is -0.478 e. The monoisotopic (exact) mass is 300 g/mol. The van der Waals surface area contributed by atoms with Gasteiger partial charge in [-0.15, -0.1) is 0 Å². The maximum atomic E-state index is 13.2. The van der Waals surface area contributed by atoms with Crippen molar-refractivity contribution in [2.75, 3.05) is 6.61 Å². The predicted molar refractivity (Wildman–Crippen MR) is 66.0 cm³/mol. The molecule has 1 aromatic heterocycles. The van der Waals surface area contributed by atoms with Gasteiger partial charge >= 0.3 is 12.1 Å². The zero-order valence-corrected chi connectivity index (χ0v) is 10.7. The third-order valence-electron chi connectivity index (χ3n) is 3.76. The van der Waals surface area contributed by atoms with Crippen LogP contribution in [0.2, 0.25) is 0 Å². The van der Waals surface area contributed by atoms with Gasteiger partial charge in [0.05, 0.1) is 23.2 Å². The third kappa shape index (κ3) is 1.98. The number of hydrogen-bond donors (Lipinski definition) is 2. The van der Waals surface area contributed by atoms with E-state index in [4.69, 9.17) is 5.11 Å². The lowest BCUT2D eigenvalue weighted by atomic mass is 10.1. The van der Waals surface area contributed by atoms with Gasteiger partial charge in [0.2, 0.25) is 5.82 Å². The number of halogens is 3. The van der Waals surface area contributed by atoms with Crippen LogP contribution in [0.1, 0.15) is 29.0 Å². The van der Waals surface area contributed by atoms with E-state index in [0.29, 0.717) is 12.8 Å². The molecule has 112 valence electrons. The van der Waals surface area contributed by atoms with Crippen LogP contribution in [0.15, 0.2) is 18.2 Å². The second-order valence-electron chi connectivity index (χ2n) is 5.13. The van der Waals surface area contributed by atoms with E-state index >= 15 is 0 Å². The highest BCUT2D eigenvalue weighted by atomic mass is 19.4. The Kier molecular flexibility index (Phi) is 2.78. The molecule has 21 heavy (non-hydrogen) atoms. The van der Waals surface area contributed by atoms with E-state index in [9.17, 15) is 23.1 Å². The summed E-state index contributed by atoms with van der Waals surface area (Å²) in [6, 6.07) is 3.97. The summed E-state index contributed by atoms with van der Waals surface area (Å²) in [5.41, 5.74) is -1.45. The van der Waals surface area contributed by atoms with E-state index in [1.54, 1.807) is 0 Å². The zero-order valence-electron chi connectivity index (χ0n) is 10.7. The van der Waals surface area contributed by atoms with Crippen molar-refractivity contribution in [3.63, 3.8) is 0 Å². The number of aliphatic hydroxyl groups is 1. The molecule has 5 nitrogen and oxygen atoms in total. The van der Waals surface area contributed by atoms with Crippen LogP contribution in [0.25, 0.3) is 11.0 Å². The highest BCUT2D eigenvalue weighted by molar-refractivity contribution is 6.01. The molecular weight excluding hydrogens is 289 g/mol. The number of carbonyl (C=O) groups is 1. The van der Waals surface area contributed by atoms with E-state index < -0.39 is 30.1 Å². The summed E-state index contributed by atoms with van der Waals surface area (Å²) in [7, 11) is 0. The lowest BCUT2D eigenvalue weighted by Gasteiger charge is -2.19. The number of rotatable bonds is 3. The van der Waals surface area contributed by atoms with Crippen molar-refractivity contribution in [1.29, 1.82) is 0 Å². The molecule has 1 saturated carbocycles. The van der Waals surface area contributed by atoms with E-state index in [1.807, 2.05) is 0 Å². The SMILES string of the molecule is O=C(O)c1cccc2c1nc(C(F)(F)F)n2C1(CO)CC1. The highest BCUT2D eigenvalue weighted by Crippen LogP contribution is 2.48. The largest absolute Gasteiger partial charge is 0.478 e. The summed E-state index contributed by atoms with van der Waals surface area (Å²) in [6.45, 7) is -0.446. The van der Waals surface area contributed by atoms with Crippen LogP contribution in [0.3, 0.4) is 0 Å². The van der Waals surface area contributed by atoms with Crippen molar-refractivity contribution >= 4 is 17.0 Å². The molecule has 8 heteroatoms. The van der Waals surface area contributed by atoms with Crippen LogP contribution in [0.5, 0.6) is 0 Å². The van der Waals surface area contributed by atoms with Crippen LogP contribution in [-0.4, -0.2) is 32.3 Å². The predicted octanol–water partition coefficient (Wildman–Crippen LogP) is 2.23. The topological polar surface area (TPSA) is 75.3 Å². The molecule has 1 heterocycles. The number of para-hydroxylation sites is 1. The Morgan fingerprint density at radius 3 is 2.52 bits per heavy atom. The number of carboxylic acids is 1. The minimum absolute atomic E-state index is 0.0776. The number of carboxylic acid groups (broad SMARTS) is 1. The standard InChI is InChI=1S/C13H11F3N2O3/c14-13(15,16)11-17-9-7(10(20)21)2-1-3-8(9)18(11)12(6-19)4-5-12/h1-3,19H,4-6H2,(H,20,21). The van der Waals surface area contributed by atoms with Crippen molar-refractivity contribution < 1.29 is 28.2 Å². The molecule has 0 saturated heterocycles. The Bertz CT molecular complexity index is 732. The Morgan fingerprint density at radius 2 is 2.05 bits per heavy atom. The summed E-state index contributed by atoms with van der Waals surface area (Å²) >= 11 is 0. The van der Waals surface area contributed by atoms with Crippen molar-refractivity contribution in [2.24, 2.45) is 0 Å². The van der Waals surface area contributed by atoms with Gasteiger partial charge in [0.1, 0.15) is 5.52 Å². The maximum absolute atomic E-state index is 13.2. The fourth-order valence-electron chi connectivity index (χ4n) is 2.54. The number of aromatic nitrogens is 2. The summed E-state index contributed by atoms with van der Waals surface area (Å²) in [6.07, 6.45) is -3.93. The first kappa shape index (κ1) is 13.9. The first-order valence-corrected chi connectivity index (χ1v) is 6.23. The summed E-state index contributed by atoms with van der Waals surface area (Å²) < 4.78 is 40.5. The second kappa shape index (κ2) is 4.20. The van der Waals surface area contributed by atoms with E-state index in [0.717, 1.165) is 4.57 Å². The molecule has 0 spiro atoms. The minimum atomic E-state index is -4.72. The molecule has 0 amide bonds. The number of fused-ring (bicyclic) bond motifs is 1. The highest BCUT2D eigenvalue weighted by Gasteiger charge is 2.51. The van der Waals surface area contributed by atoms with Crippen LogP contribution in [-0.2, 0) is 11.7 Å². The molecule has 0 aliphatic heterocycles.